The Labute approximate surface area is 210 Å². The molecule has 0 radical (unpaired) electrons. The summed E-state index contributed by atoms with van der Waals surface area (Å²) in [7, 11) is 0. The second-order valence-corrected chi connectivity index (χ2v) is 9.29. The van der Waals surface area contributed by atoms with E-state index in [1.54, 1.807) is 0 Å². The van der Waals surface area contributed by atoms with Crippen LogP contribution in [0.2, 0.25) is 0 Å². The smallest absolute Gasteiger partial charge is 0.255 e. The largest absolute Gasteiger partial charge is 0.378 e. The summed E-state index contributed by atoms with van der Waals surface area (Å²) in [6, 6.07) is 12.6. The van der Waals surface area contributed by atoms with Crippen molar-refractivity contribution in [3.05, 3.63) is 80.9 Å². The van der Waals surface area contributed by atoms with Gasteiger partial charge in [0.15, 0.2) is 0 Å². The summed E-state index contributed by atoms with van der Waals surface area (Å²) in [5.41, 5.74) is 4.73. The van der Waals surface area contributed by atoms with Crippen LogP contribution < -0.4 is 20.7 Å². The molecular formula is C27H32N6O3. The molecule has 2 aliphatic rings. The first-order chi connectivity index (χ1) is 17.6. The van der Waals surface area contributed by atoms with Gasteiger partial charge in [-0.2, -0.15) is 0 Å². The molecule has 2 N–H and O–H groups in total. The Morgan fingerprint density at radius 2 is 1.89 bits per heavy atom. The van der Waals surface area contributed by atoms with E-state index < -0.39 is 0 Å². The Kier molecular flexibility index (Phi) is 7.27. The number of aromatic nitrogens is 3. The number of hydrogen-bond acceptors (Lipinski definition) is 7. The van der Waals surface area contributed by atoms with Gasteiger partial charge in [0.2, 0.25) is 11.9 Å². The number of nitrogens with zero attached hydrogens (tertiary/aromatic N) is 4. The second-order valence-electron chi connectivity index (χ2n) is 9.29. The number of ether oxygens (including phenoxy) is 1. The molecule has 0 unspecified atom stereocenters. The van der Waals surface area contributed by atoms with Crippen LogP contribution in [0.25, 0.3) is 0 Å². The van der Waals surface area contributed by atoms with Gasteiger partial charge >= 0.3 is 0 Å². The lowest BCUT2D eigenvalue weighted by Gasteiger charge is -2.29. The molecule has 0 atom stereocenters. The van der Waals surface area contributed by atoms with Crippen molar-refractivity contribution in [1.82, 2.24) is 20.3 Å². The quantitative estimate of drug-likeness (QED) is 0.525. The van der Waals surface area contributed by atoms with E-state index in [0.29, 0.717) is 56.5 Å². The molecule has 36 heavy (non-hydrogen) atoms. The highest BCUT2D eigenvalue weighted by Gasteiger charge is 2.18. The van der Waals surface area contributed by atoms with Crippen LogP contribution in [0.1, 0.15) is 34.4 Å². The highest BCUT2D eigenvalue weighted by atomic mass is 16.5. The third-order valence-electron chi connectivity index (χ3n) is 6.88. The Bertz CT molecular complexity index is 1270. The number of rotatable bonds is 7. The second kappa shape index (κ2) is 10.9. The number of anilines is 2. The van der Waals surface area contributed by atoms with Crippen molar-refractivity contribution < 1.29 is 9.53 Å². The maximum Gasteiger partial charge on any atom is 0.255 e. The molecule has 0 saturated carbocycles. The first kappa shape index (κ1) is 24.0. The third kappa shape index (κ3) is 5.57. The molecule has 1 saturated heterocycles. The molecular weight excluding hydrogens is 456 g/mol. The van der Waals surface area contributed by atoms with Gasteiger partial charge < -0.3 is 19.9 Å². The third-order valence-corrected chi connectivity index (χ3v) is 6.88. The number of aromatic amines is 1. The van der Waals surface area contributed by atoms with Gasteiger partial charge in [0.05, 0.1) is 13.2 Å². The van der Waals surface area contributed by atoms with Crippen molar-refractivity contribution >= 4 is 17.7 Å². The van der Waals surface area contributed by atoms with Gasteiger partial charge in [-0.1, -0.05) is 30.3 Å². The molecule has 0 aliphatic carbocycles. The normalized spacial score (nSPS) is 15.5. The lowest BCUT2D eigenvalue weighted by Crippen LogP contribution is -2.38. The number of benzene rings is 1. The van der Waals surface area contributed by atoms with Crippen LogP contribution in [-0.2, 0) is 35.5 Å². The number of aryl methyl sites for hydroxylation is 1. The molecule has 4 heterocycles. The number of carbonyl (C=O) groups excluding carboxylic acids is 1. The Balaban J connectivity index is 1.11. The van der Waals surface area contributed by atoms with E-state index in [9.17, 15) is 9.59 Å². The number of pyridine rings is 1. The summed E-state index contributed by atoms with van der Waals surface area (Å²) in [6.07, 6.45) is 3.40. The van der Waals surface area contributed by atoms with E-state index in [-0.39, 0.29) is 17.9 Å². The van der Waals surface area contributed by atoms with Crippen LogP contribution in [0.15, 0.2) is 47.4 Å². The molecule has 1 fully saturated rings. The predicted octanol–water partition coefficient (Wildman–Crippen LogP) is 2.12. The summed E-state index contributed by atoms with van der Waals surface area (Å²) in [4.78, 5) is 41.4. The fraction of sp³-hybridized carbons (Fsp3) is 0.407. The summed E-state index contributed by atoms with van der Waals surface area (Å²) < 4.78 is 5.36. The molecule has 9 nitrogen and oxygen atoms in total. The summed E-state index contributed by atoms with van der Waals surface area (Å²) >= 11 is 0. The van der Waals surface area contributed by atoms with Gasteiger partial charge in [-0.15, -0.1) is 0 Å². The zero-order valence-electron chi connectivity index (χ0n) is 20.6. The number of nitrogens with one attached hydrogen (secondary N) is 2. The number of fused-ring (bicyclic) bond motifs is 1. The van der Waals surface area contributed by atoms with Crippen molar-refractivity contribution in [2.24, 2.45) is 0 Å². The lowest BCUT2D eigenvalue weighted by atomic mass is 10.00. The van der Waals surface area contributed by atoms with Crippen LogP contribution in [0.4, 0.5) is 11.8 Å². The molecule has 2 aliphatic heterocycles. The summed E-state index contributed by atoms with van der Waals surface area (Å²) in [6.45, 7) is 6.67. The zero-order valence-corrected chi connectivity index (χ0v) is 20.6. The molecule has 188 valence electrons. The van der Waals surface area contributed by atoms with E-state index in [1.165, 1.54) is 11.1 Å². The van der Waals surface area contributed by atoms with Crippen molar-refractivity contribution in [2.45, 2.75) is 39.3 Å². The SMILES string of the molecule is Cc1nc(N2CCOCC2)[nH]c(=O)c1CCC(=O)NCc1ccc(N2CCc3ccccc3C2)nc1. The number of hydrogen-bond donors (Lipinski definition) is 2. The van der Waals surface area contributed by atoms with Gasteiger partial charge in [0.1, 0.15) is 5.82 Å². The summed E-state index contributed by atoms with van der Waals surface area (Å²) in [5, 5.41) is 2.94. The first-order valence-electron chi connectivity index (χ1n) is 12.5. The summed E-state index contributed by atoms with van der Waals surface area (Å²) in [5.74, 6) is 1.41. The van der Waals surface area contributed by atoms with Gasteiger partial charge in [0, 0.05) is 56.6 Å². The van der Waals surface area contributed by atoms with Gasteiger partial charge in [-0.3, -0.25) is 14.6 Å². The molecule has 9 heteroatoms. The van der Waals surface area contributed by atoms with E-state index in [2.05, 4.69) is 49.4 Å². The average molecular weight is 489 g/mol. The number of carbonyl (C=O) groups is 1. The van der Waals surface area contributed by atoms with E-state index in [0.717, 1.165) is 30.9 Å². The molecule has 0 bridgehead atoms. The first-order valence-corrected chi connectivity index (χ1v) is 12.5. The molecule has 1 aromatic carbocycles. The number of H-pyrrole nitrogens is 1. The maximum atomic E-state index is 12.6. The molecule has 5 rings (SSSR count). The standard InChI is InChI=1S/C27H32N6O3/c1-19-23(26(35)31-27(30-19)32-12-14-36-15-13-32)7-9-25(34)29-17-20-6-8-24(28-16-20)33-11-10-21-4-2-3-5-22(21)18-33/h2-6,8,16H,7,9-15,17-18H2,1H3,(H,29,34)(H,30,31,35). The van der Waals surface area contributed by atoms with Gasteiger partial charge in [0.25, 0.3) is 5.56 Å². The van der Waals surface area contributed by atoms with Crippen LogP contribution >= 0.6 is 0 Å². The van der Waals surface area contributed by atoms with Gasteiger partial charge in [-0.05, 0) is 42.5 Å². The van der Waals surface area contributed by atoms with E-state index in [4.69, 9.17) is 4.74 Å². The van der Waals surface area contributed by atoms with Crippen LogP contribution in [0, 0.1) is 6.92 Å². The van der Waals surface area contributed by atoms with Crippen molar-refractivity contribution in [3.63, 3.8) is 0 Å². The number of amides is 1. The molecule has 1 amide bonds. The van der Waals surface area contributed by atoms with Gasteiger partial charge in [-0.25, -0.2) is 9.97 Å². The Morgan fingerprint density at radius 3 is 2.64 bits per heavy atom. The Morgan fingerprint density at radius 1 is 1.08 bits per heavy atom. The number of morpholine rings is 1. The zero-order chi connectivity index (χ0) is 24.9. The minimum absolute atomic E-state index is 0.109. The van der Waals surface area contributed by atoms with E-state index in [1.807, 2.05) is 30.2 Å². The molecule has 2 aromatic heterocycles. The van der Waals surface area contributed by atoms with Crippen molar-refractivity contribution in [2.75, 3.05) is 42.6 Å². The minimum atomic E-state index is -0.183. The van der Waals surface area contributed by atoms with Crippen LogP contribution in [0.3, 0.4) is 0 Å². The topological polar surface area (TPSA) is 103 Å². The average Bonchev–Trinajstić information content (AvgIpc) is 2.92. The van der Waals surface area contributed by atoms with Crippen molar-refractivity contribution in [1.29, 1.82) is 0 Å². The lowest BCUT2D eigenvalue weighted by molar-refractivity contribution is -0.121. The molecule has 3 aromatic rings. The molecule has 0 spiro atoms. The highest BCUT2D eigenvalue weighted by Crippen LogP contribution is 2.23. The van der Waals surface area contributed by atoms with Crippen molar-refractivity contribution in [3.8, 4) is 0 Å². The van der Waals surface area contributed by atoms with Crippen LogP contribution in [0.5, 0.6) is 0 Å². The highest BCUT2D eigenvalue weighted by molar-refractivity contribution is 5.76. The fourth-order valence-electron chi connectivity index (χ4n) is 4.74. The Hall–Kier alpha value is -3.72. The predicted molar refractivity (Wildman–Crippen MR) is 138 cm³/mol. The monoisotopic (exact) mass is 488 g/mol. The fourth-order valence-corrected chi connectivity index (χ4v) is 4.74. The van der Waals surface area contributed by atoms with E-state index >= 15 is 0 Å². The maximum absolute atomic E-state index is 12.6. The van der Waals surface area contributed by atoms with Crippen LogP contribution in [-0.4, -0.2) is 53.7 Å². The minimum Gasteiger partial charge on any atom is -0.378 e.